The van der Waals surface area contributed by atoms with Crippen LogP contribution in [0.5, 0.6) is 5.75 Å². The van der Waals surface area contributed by atoms with E-state index in [1.165, 1.54) is 18.2 Å². The second kappa shape index (κ2) is 9.72. The molecule has 3 aromatic rings. The number of amides is 4. The second-order valence-corrected chi connectivity index (χ2v) is 8.18. The van der Waals surface area contributed by atoms with E-state index < -0.39 is 23.8 Å². The SMILES string of the molecule is O=C1NC(=O)N(c2cccc(Br)c2)C(=O)/C1=C/c1ccccc1OCc1ccc(C(=O)O)cc1. The topological polar surface area (TPSA) is 113 Å². The van der Waals surface area contributed by atoms with Crippen LogP contribution in [0, 0.1) is 0 Å². The number of carbonyl (C=O) groups excluding carboxylic acids is 3. The van der Waals surface area contributed by atoms with Crippen molar-refractivity contribution in [2.75, 3.05) is 4.90 Å². The van der Waals surface area contributed by atoms with Gasteiger partial charge in [0.15, 0.2) is 0 Å². The Labute approximate surface area is 202 Å². The fraction of sp³-hybridized carbons (Fsp3) is 0.0400. The van der Waals surface area contributed by atoms with Crippen molar-refractivity contribution in [1.29, 1.82) is 0 Å². The third kappa shape index (κ3) is 4.89. The molecule has 0 spiro atoms. The van der Waals surface area contributed by atoms with Crippen LogP contribution in [0.1, 0.15) is 21.5 Å². The number of rotatable bonds is 6. The van der Waals surface area contributed by atoms with Gasteiger partial charge in [-0.3, -0.25) is 14.9 Å². The van der Waals surface area contributed by atoms with Crippen LogP contribution in [0.4, 0.5) is 10.5 Å². The maximum atomic E-state index is 13.1. The predicted molar refractivity (Wildman–Crippen MR) is 127 cm³/mol. The summed E-state index contributed by atoms with van der Waals surface area (Å²) < 4.78 is 6.53. The third-order valence-electron chi connectivity index (χ3n) is 4.98. The van der Waals surface area contributed by atoms with Gasteiger partial charge >= 0.3 is 12.0 Å². The molecule has 0 saturated carbocycles. The lowest BCUT2D eigenvalue weighted by atomic mass is 10.1. The number of imide groups is 2. The molecule has 1 saturated heterocycles. The van der Waals surface area contributed by atoms with Gasteiger partial charge in [0.25, 0.3) is 11.8 Å². The summed E-state index contributed by atoms with van der Waals surface area (Å²) >= 11 is 3.31. The van der Waals surface area contributed by atoms with Crippen molar-refractivity contribution in [3.05, 3.63) is 99.5 Å². The standard InChI is InChI=1S/C25H17BrN2O6/c26-18-5-3-6-19(13-18)28-23(30)20(22(29)27-25(28)33)12-17-4-1-2-7-21(17)34-14-15-8-10-16(11-9-15)24(31)32/h1-13H,14H2,(H,31,32)(H,27,29,33)/b20-12+. The van der Waals surface area contributed by atoms with E-state index in [-0.39, 0.29) is 17.7 Å². The van der Waals surface area contributed by atoms with Crippen molar-refractivity contribution < 1.29 is 29.0 Å². The van der Waals surface area contributed by atoms with Gasteiger partial charge in [-0.05, 0) is 48.0 Å². The number of ether oxygens (including phenoxy) is 1. The zero-order chi connectivity index (χ0) is 24.2. The van der Waals surface area contributed by atoms with Gasteiger partial charge < -0.3 is 9.84 Å². The van der Waals surface area contributed by atoms with Crippen molar-refractivity contribution in [3.63, 3.8) is 0 Å². The summed E-state index contributed by atoms with van der Waals surface area (Å²) in [5.74, 6) is -2.18. The summed E-state index contributed by atoms with van der Waals surface area (Å²) in [6.45, 7) is 0.142. The minimum absolute atomic E-state index is 0.142. The molecule has 4 amide bonds. The quantitative estimate of drug-likeness (QED) is 0.368. The zero-order valence-electron chi connectivity index (χ0n) is 17.5. The van der Waals surface area contributed by atoms with Gasteiger partial charge in [-0.1, -0.05) is 52.3 Å². The molecule has 34 heavy (non-hydrogen) atoms. The predicted octanol–water partition coefficient (Wildman–Crippen LogP) is 4.39. The first-order chi connectivity index (χ1) is 16.3. The monoisotopic (exact) mass is 520 g/mol. The highest BCUT2D eigenvalue weighted by Gasteiger charge is 2.37. The van der Waals surface area contributed by atoms with Crippen LogP contribution in [-0.4, -0.2) is 28.9 Å². The fourth-order valence-electron chi connectivity index (χ4n) is 3.30. The highest BCUT2D eigenvalue weighted by Crippen LogP contribution is 2.27. The molecule has 1 heterocycles. The van der Waals surface area contributed by atoms with Crippen LogP contribution in [0.3, 0.4) is 0 Å². The van der Waals surface area contributed by atoms with E-state index in [9.17, 15) is 19.2 Å². The number of hydrogen-bond donors (Lipinski definition) is 2. The average molecular weight is 521 g/mol. The van der Waals surface area contributed by atoms with Crippen molar-refractivity contribution in [1.82, 2.24) is 5.32 Å². The van der Waals surface area contributed by atoms with Gasteiger partial charge in [0.1, 0.15) is 17.9 Å². The molecular formula is C25H17BrN2O6. The lowest BCUT2D eigenvalue weighted by Gasteiger charge is -2.26. The van der Waals surface area contributed by atoms with Crippen LogP contribution in [-0.2, 0) is 16.2 Å². The van der Waals surface area contributed by atoms with Gasteiger partial charge in [-0.2, -0.15) is 0 Å². The van der Waals surface area contributed by atoms with Crippen LogP contribution in [0.2, 0.25) is 0 Å². The number of urea groups is 1. The Bertz CT molecular complexity index is 1330. The Kier molecular flexibility index (Phi) is 6.55. The number of carboxylic acid groups (broad SMARTS) is 1. The Morgan fingerprint density at radius 2 is 1.74 bits per heavy atom. The molecule has 0 aliphatic carbocycles. The smallest absolute Gasteiger partial charge is 0.335 e. The second-order valence-electron chi connectivity index (χ2n) is 7.27. The molecule has 1 aliphatic heterocycles. The average Bonchev–Trinajstić information content (AvgIpc) is 2.81. The maximum Gasteiger partial charge on any atom is 0.335 e. The van der Waals surface area contributed by atoms with Crippen LogP contribution >= 0.6 is 15.9 Å². The van der Waals surface area contributed by atoms with Crippen LogP contribution in [0.15, 0.2) is 82.8 Å². The van der Waals surface area contributed by atoms with E-state index in [2.05, 4.69) is 21.2 Å². The number of aromatic carboxylic acids is 1. The molecule has 2 N–H and O–H groups in total. The number of anilines is 1. The van der Waals surface area contributed by atoms with E-state index in [1.807, 2.05) is 0 Å². The Hall–Kier alpha value is -4.24. The summed E-state index contributed by atoms with van der Waals surface area (Å²) in [5.41, 5.74) is 1.46. The summed E-state index contributed by atoms with van der Waals surface area (Å²) in [5, 5.41) is 11.2. The summed E-state index contributed by atoms with van der Waals surface area (Å²) in [6, 6.07) is 18.8. The van der Waals surface area contributed by atoms with Crippen LogP contribution < -0.4 is 15.0 Å². The maximum absolute atomic E-state index is 13.1. The highest BCUT2D eigenvalue weighted by atomic mass is 79.9. The number of para-hydroxylation sites is 1. The Morgan fingerprint density at radius 1 is 1.00 bits per heavy atom. The lowest BCUT2D eigenvalue weighted by molar-refractivity contribution is -0.122. The van der Waals surface area contributed by atoms with Gasteiger partial charge in [-0.25, -0.2) is 14.5 Å². The molecule has 170 valence electrons. The normalized spacial score (nSPS) is 14.8. The molecule has 0 radical (unpaired) electrons. The number of barbiturate groups is 1. The number of halogens is 1. The first-order valence-corrected chi connectivity index (χ1v) is 10.8. The summed E-state index contributed by atoms with van der Waals surface area (Å²) in [4.78, 5) is 49.9. The molecule has 0 unspecified atom stereocenters. The summed E-state index contributed by atoms with van der Waals surface area (Å²) in [7, 11) is 0. The molecule has 1 aliphatic rings. The number of carboxylic acids is 1. The number of nitrogens with zero attached hydrogens (tertiary/aromatic N) is 1. The highest BCUT2D eigenvalue weighted by molar-refractivity contribution is 9.10. The molecule has 4 rings (SSSR count). The zero-order valence-corrected chi connectivity index (χ0v) is 19.1. The van der Waals surface area contributed by atoms with Gasteiger partial charge in [-0.15, -0.1) is 0 Å². The van der Waals surface area contributed by atoms with Crippen molar-refractivity contribution in [2.24, 2.45) is 0 Å². The Morgan fingerprint density at radius 3 is 2.44 bits per heavy atom. The van der Waals surface area contributed by atoms with E-state index in [0.717, 1.165) is 10.5 Å². The molecule has 0 atom stereocenters. The van der Waals surface area contributed by atoms with E-state index in [1.54, 1.807) is 60.7 Å². The van der Waals surface area contributed by atoms with Gasteiger partial charge in [0.05, 0.1) is 11.3 Å². The molecule has 0 bridgehead atoms. The van der Waals surface area contributed by atoms with E-state index in [4.69, 9.17) is 9.84 Å². The minimum atomic E-state index is -1.02. The molecule has 9 heteroatoms. The molecule has 8 nitrogen and oxygen atoms in total. The van der Waals surface area contributed by atoms with Crippen molar-refractivity contribution in [3.8, 4) is 5.75 Å². The lowest BCUT2D eigenvalue weighted by Crippen LogP contribution is -2.54. The number of hydrogen-bond acceptors (Lipinski definition) is 5. The van der Waals surface area contributed by atoms with Crippen molar-refractivity contribution in [2.45, 2.75) is 6.61 Å². The Balaban J connectivity index is 1.60. The van der Waals surface area contributed by atoms with Gasteiger partial charge in [0, 0.05) is 10.0 Å². The van der Waals surface area contributed by atoms with Crippen LogP contribution in [0.25, 0.3) is 6.08 Å². The van der Waals surface area contributed by atoms with Gasteiger partial charge in [0.2, 0.25) is 0 Å². The largest absolute Gasteiger partial charge is 0.488 e. The number of nitrogens with one attached hydrogen (secondary N) is 1. The number of carbonyl (C=O) groups is 4. The first kappa shape index (κ1) is 22.9. The van der Waals surface area contributed by atoms with E-state index in [0.29, 0.717) is 21.5 Å². The number of benzene rings is 3. The molecular weight excluding hydrogens is 504 g/mol. The molecule has 1 fully saturated rings. The fourth-order valence-corrected chi connectivity index (χ4v) is 3.69. The first-order valence-electron chi connectivity index (χ1n) is 10.0. The molecule has 3 aromatic carbocycles. The summed E-state index contributed by atoms with van der Waals surface area (Å²) in [6.07, 6.45) is 1.37. The van der Waals surface area contributed by atoms with E-state index >= 15 is 0 Å². The molecule has 0 aromatic heterocycles. The third-order valence-corrected chi connectivity index (χ3v) is 5.48. The minimum Gasteiger partial charge on any atom is -0.488 e. The van der Waals surface area contributed by atoms with Crippen molar-refractivity contribution >= 4 is 51.5 Å².